The Morgan fingerprint density at radius 3 is 2.24 bits per heavy atom. The van der Waals surface area contributed by atoms with E-state index < -0.39 is 0 Å². The van der Waals surface area contributed by atoms with Crippen molar-refractivity contribution in [2.24, 2.45) is 0 Å². The van der Waals surface area contributed by atoms with Crippen molar-refractivity contribution in [2.45, 2.75) is 13.8 Å². The van der Waals surface area contributed by atoms with Crippen LogP contribution in [0.15, 0.2) is 18.2 Å². The standard InChI is InChI=1S/C12H16Cl2N2O/c1-3-16(4-2)8-11(17)15-12-9(13)6-5-7-10(12)14/h5-7H,3-4,8H2,1-2H3,(H,15,17). The van der Waals surface area contributed by atoms with Crippen LogP contribution in [-0.2, 0) is 4.79 Å². The second kappa shape index (κ2) is 6.84. The summed E-state index contributed by atoms with van der Waals surface area (Å²) in [6, 6.07) is 5.13. The number of nitrogens with one attached hydrogen (secondary N) is 1. The van der Waals surface area contributed by atoms with Gasteiger partial charge in [0.1, 0.15) is 0 Å². The first-order chi connectivity index (χ1) is 8.08. The maximum Gasteiger partial charge on any atom is 0.238 e. The van der Waals surface area contributed by atoms with Gasteiger partial charge in [-0.05, 0) is 25.2 Å². The molecule has 1 aromatic carbocycles. The van der Waals surface area contributed by atoms with Crippen LogP contribution in [0, 0.1) is 0 Å². The average molecular weight is 275 g/mol. The Labute approximate surface area is 112 Å². The highest BCUT2D eigenvalue weighted by atomic mass is 35.5. The quantitative estimate of drug-likeness (QED) is 0.894. The summed E-state index contributed by atoms with van der Waals surface area (Å²) in [6.45, 7) is 6.04. The summed E-state index contributed by atoms with van der Waals surface area (Å²) in [6.07, 6.45) is 0. The van der Waals surface area contributed by atoms with Gasteiger partial charge in [0.25, 0.3) is 0 Å². The monoisotopic (exact) mass is 274 g/mol. The molecule has 0 radical (unpaired) electrons. The van der Waals surface area contributed by atoms with Crippen LogP contribution in [0.5, 0.6) is 0 Å². The van der Waals surface area contributed by atoms with E-state index in [4.69, 9.17) is 23.2 Å². The van der Waals surface area contributed by atoms with Crippen molar-refractivity contribution in [2.75, 3.05) is 25.0 Å². The van der Waals surface area contributed by atoms with Gasteiger partial charge in [-0.25, -0.2) is 0 Å². The number of amides is 1. The molecule has 0 heterocycles. The molecule has 0 saturated heterocycles. The van der Waals surface area contributed by atoms with E-state index in [9.17, 15) is 4.79 Å². The van der Waals surface area contributed by atoms with Crippen LogP contribution in [0.4, 0.5) is 5.69 Å². The van der Waals surface area contributed by atoms with E-state index in [1.54, 1.807) is 18.2 Å². The van der Waals surface area contributed by atoms with E-state index >= 15 is 0 Å². The molecule has 0 atom stereocenters. The summed E-state index contributed by atoms with van der Waals surface area (Å²) in [4.78, 5) is 13.8. The number of benzene rings is 1. The van der Waals surface area contributed by atoms with E-state index in [1.165, 1.54) is 0 Å². The zero-order valence-corrected chi connectivity index (χ0v) is 11.5. The number of hydrogen-bond acceptors (Lipinski definition) is 2. The molecule has 0 bridgehead atoms. The fourth-order valence-corrected chi connectivity index (χ4v) is 1.94. The molecule has 0 saturated carbocycles. The first-order valence-corrected chi connectivity index (χ1v) is 6.30. The summed E-state index contributed by atoms with van der Waals surface area (Å²) in [5.41, 5.74) is 0.480. The van der Waals surface area contributed by atoms with Crippen molar-refractivity contribution in [3.05, 3.63) is 28.2 Å². The van der Waals surface area contributed by atoms with Crippen LogP contribution in [-0.4, -0.2) is 30.4 Å². The lowest BCUT2D eigenvalue weighted by Gasteiger charge is -2.17. The van der Waals surface area contributed by atoms with Crippen molar-refractivity contribution in [1.82, 2.24) is 4.90 Å². The number of carbonyl (C=O) groups is 1. The molecule has 1 amide bonds. The van der Waals surface area contributed by atoms with Crippen LogP contribution in [0.2, 0.25) is 10.0 Å². The zero-order valence-electron chi connectivity index (χ0n) is 9.96. The molecule has 94 valence electrons. The topological polar surface area (TPSA) is 32.3 Å². The summed E-state index contributed by atoms with van der Waals surface area (Å²) >= 11 is 11.9. The van der Waals surface area contributed by atoms with Crippen LogP contribution >= 0.6 is 23.2 Å². The Hall–Kier alpha value is -0.770. The summed E-state index contributed by atoms with van der Waals surface area (Å²) < 4.78 is 0. The molecule has 1 N–H and O–H groups in total. The number of anilines is 1. The zero-order chi connectivity index (χ0) is 12.8. The third-order valence-corrected chi connectivity index (χ3v) is 3.12. The molecule has 0 aliphatic rings. The van der Waals surface area contributed by atoms with E-state index in [2.05, 4.69) is 5.32 Å². The molecule has 17 heavy (non-hydrogen) atoms. The first-order valence-electron chi connectivity index (χ1n) is 5.54. The predicted molar refractivity (Wildman–Crippen MR) is 72.9 cm³/mol. The first kappa shape index (κ1) is 14.3. The molecular weight excluding hydrogens is 259 g/mol. The second-order valence-corrected chi connectivity index (χ2v) is 4.42. The highest BCUT2D eigenvalue weighted by Crippen LogP contribution is 2.29. The molecule has 0 aliphatic heterocycles. The van der Waals surface area contributed by atoms with Gasteiger partial charge < -0.3 is 5.32 Å². The number of nitrogens with zero attached hydrogens (tertiary/aromatic N) is 1. The summed E-state index contributed by atoms with van der Waals surface area (Å²) in [5, 5.41) is 3.63. The number of carbonyl (C=O) groups excluding carboxylic acids is 1. The van der Waals surface area contributed by atoms with E-state index in [0.717, 1.165) is 13.1 Å². The van der Waals surface area contributed by atoms with Crippen LogP contribution in [0.3, 0.4) is 0 Å². The Bertz CT molecular complexity index is 372. The van der Waals surface area contributed by atoms with Crippen molar-refractivity contribution in [3.63, 3.8) is 0 Å². The highest BCUT2D eigenvalue weighted by molar-refractivity contribution is 6.39. The van der Waals surface area contributed by atoms with Gasteiger partial charge in [-0.15, -0.1) is 0 Å². The van der Waals surface area contributed by atoms with Gasteiger partial charge in [-0.2, -0.15) is 0 Å². The maximum absolute atomic E-state index is 11.8. The Morgan fingerprint density at radius 1 is 1.24 bits per heavy atom. The predicted octanol–water partition coefficient (Wildman–Crippen LogP) is 3.27. The van der Waals surface area contributed by atoms with Gasteiger partial charge >= 0.3 is 0 Å². The summed E-state index contributed by atoms with van der Waals surface area (Å²) in [5.74, 6) is -0.108. The minimum absolute atomic E-state index is 0.108. The Morgan fingerprint density at radius 2 is 1.76 bits per heavy atom. The van der Waals surface area contributed by atoms with Crippen molar-refractivity contribution in [3.8, 4) is 0 Å². The van der Waals surface area contributed by atoms with E-state index in [0.29, 0.717) is 22.3 Å². The lowest BCUT2D eigenvalue weighted by molar-refractivity contribution is -0.117. The minimum atomic E-state index is -0.108. The van der Waals surface area contributed by atoms with Gasteiger partial charge in [0, 0.05) is 0 Å². The van der Waals surface area contributed by atoms with Crippen molar-refractivity contribution >= 4 is 34.8 Å². The normalized spacial score (nSPS) is 10.6. The minimum Gasteiger partial charge on any atom is -0.322 e. The molecule has 1 aromatic rings. The maximum atomic E-state index is 11.8. The summed E-state index contributed by atoms with van der Waals surface area (Å²) in [7, 11) is 0. The van der Waals surface area contributed by atoms with Gasteiger partial charge in [0.15, 0.2) is 0 Å². The second-order valence-electron chi connectivity index (χ2n) is 3.61. The molecule has 0 aromatic heterocycles. The molecular formula is C12H16Cl2N2O. The molecule has 0 fully saturated rings. The van der Waals surface area contributed by atoms with Crippen molar-refractivity contribution < 1.29 is 4.79 Å². The van der Waals surface area contributed by atoms with E-state index in [-0.39, 0.29) is 5.91 Å². The lowest BCUT2D eigenvalue weighted by Crippen LogP contribution is -2.33. The molecule has 1 rings (SSSR count). The molecule has 0 aliphatic carbocycles. The fraction of sp³-hybridized carbons (Fsp3) is 0.417. The SMILES string of the molecule is CCN(CC)CC(=O)Nc1c(Cl)cccc1Cl. The smallest absolute Gasteiger partial charge is 0.238 e. The Balaban J connectivity index is 2.68. The van der Waals surface area contributed by atoms with Crippen LogP contribution < -0.4 is 5.32 Å². The van der Waals surface area contributed by atoms with Gasteiger partial charge in [-0.1, -0.05) is 43.1 Å². The Kier molecular flexibility index (Phi) is 5.75. The highest BCUT2D eigenvalue weighted by Gasteiger charge is 2.11. The molecule has 5 heteroatoms. The largest absolute Gasteiger partial charge is 0.322 e. The molecule has 0 unspecified atom stereocenters. The lowest BCUT2D eigenvalue weighted by atomic mass is 10.3. The third-order valence-electron chi connectivity index (χ3n) is 2.49. The molecule has 0 spiro atoms. The van der Waals surface area contributed by atoms with Gasteiger partial charge in [0.2, 0.25) is 5.91 Å². The van der Waals surface area contributed by atoms with Gasteiger partial charge in [0.05, 0.1) is 22.3 Å². The third kappa shape index (κ3) is 4.19. The van der Waals surface area contributed by atoms with Crippen molar-refractivity contribution in [1.29, 1.82) is 0 Å². The van der Waals surface area contributed by atoms with E-state index in [1.807, 2.05) is 18.7 Å². The number of hydrogen-bond donors (Lipinski definition) is 1. The number of halogens is 2. The molecule has 3 nitrogen and oxygen atoms in total. The fourth-order valence-electron chi connectivity index (χ4n) is 1.45. The van der Waals surface area contributed by atoms with Crippen LogP contribution in [0.1, 0.15) is 13.8 Å². The average Bonchev–Trinajstić information content (AvgIpc) is 2.31. The number of para-hydroxylation sites is 1. The number of likely N-dealkylation sites (N-methyl/N-ethyl adjacent to an activating group) is 1. The van der Waals surface area contributed by atoms with Gasteiger partial charge in [-0.3, -0.25) is 9.69 Å². The number of rotatable bonds is 5. The van der Waals surface area contributed by atoms with Crippen LogP contribution in [0.25, 0.3) is 0 Å².